The minimum Gasteiger partial charge on any atom is -0.508 e. The van der Waals surface area contributed by atoms with Gasteiger partial charge in [0.25, 0.3) is 0 Å². The molecule has 1 N–H and O–H groups in total. The van der Waals surface area contributed by atoms with E-state index in [2.05, 4.69) is 22.3 Å². The maximum atomic E-state index is 17.0. The second kappa shape index (κ2) is 10.6. The van der Waals surface area contributed by atoms with E-state index in [-0.39, 0.29) is 45.7 Å². The first-order valence-corrected chi connectivity index (χ1v) is 15.6. The van der Waals surface area contributed by atoms with Crippen molar-refractivity contribution < 1.29 is 23.4 Å². The second-order valence-corrected chi connectivity index (χ2v) is 12.7. The van der Waals surface area contributed by atoms with Gasteiger partial charge in [-0.1, -0.05) is 24.1 Å². The molecule has 3 saturated heterocycles. The first kappa shape index (κ1) is 28.2. The zero-order valence-corrected chi connectivity index (χ0v) is 24.9. The van der Waals surface area contributed by atoms with Crippen LogP contribution in [0.1, 0.15) is 43.4 Å². The average Bonchev–Trinajstić information content (AvgIpc) is 3.38. The minimum atomic E-state index is -0.708. The van der Waals surface area contributed by atoms with Crippen molar-refractivity contribution in [3.05, 3.63) is 59.3 Å². The summed E-state index contributed by atoms with van der Waals surface area (Å²) in [5.41, 5.74) is 1.84. The van der Waals surface area contributed by atoms with Gasteiger partial charge in [0.15, 0.2) is 5.82 Å². The van der Waals surface area contributed by atoms with Gasteiger partial charge in [-0.05, 0) is 68.7 Å². The molecule has 8 nitrogen and oxygen atoms in total. The van der Waals surface area contributed by atoms with E-state index in [1.807, 2.05) is 0 Å². The number of rotatable bonds is 4. The highest BCUT2D eigenvalue weighted by molar-refractivity contribution is 6.03. The van der Waals surface area contributed by atoms with Crippen LogP contribution in [0.2, 0.25) is 0 Å². The number of halogens is 2. The summed E-state index contributed by atoms with van der Waals surface area (Å²) in [6.07, 6.45) is 10.7. The van der Waals surface area contributed by atoms with Crippen molar-refractivity contribution >= 4 is 27.5 Å². The zero-order valence-electron chi connectivity index (χ0n) is 24.9. The van der Waals surface area contributed by atoms with Crippen LogP contribution in [0.3, 0.4) is 0 Å². The number of aromatic hydroxyl groups is 1. The number of benzene rings is 2. The van der Waals surface area contributed by atoms with Gasteiger partial charge in [-0.15, -0.1) is 6.42 Å². The van der Waals surface area contributed by atoms with Crippen molar-refractivity contribution in [3.63, 3.8) is 0 Å². The van der Waals surface area contributed by atoms with Crippen LogP contribution in [0, 0.1) is 24.0 Å². The van der Waals surface area contributed by atoms with E-state index in [1.54, 1.807) is 0 Å². The summed E-state index contributed by atoms with van der Waals surface area (Å²) in [7, 11) is 0. The van der Waals surface area contributed by atoms with Gasteiger partial charge in [0.05, 0.1) is 34.8 Å². The number of nitrogens with zero attached hydrogens (tertiary/aromatic N) is 5. The summed E-state index contributed by atoms with van der Waals surface area (Å²) in [4.78, 5) is 19.1. The van der Waals surface area contributed by atoms with Gasteiger partial charge >= 0.3 is 6.01 Å². The standard InChI is InChI=1S/C35H33F2N5O3/c1-3-24-26(36)8-6-21-14-23(43)15-25(28(21)24)31-30(37)32-29-27(38-31)9-7-22-18-44-13-5-12-42(22)33(29)40-34(39-32)45-19-35-10-4-11-41(35)17-20(2)16-35/h1,6,8,14-15,22,43H,2,4-5,7,9-13,16-19H2/t22?,35-/m0/s1. The molecule has 2 aromatic heterocycles. The van der Waals surface area contributed by atoms with Gasteiger partial charge < -0.3 is 19.5 Å². The Morgan fingerprint density at radius 3 is 2.91 bits per heavy atom. The Morgan fingerprint density at radius 2 is 2.04 bits per heavy atom. The van der Waals surface area contributed by atoms with Gasteiger partial charge in [0.1, 0.15) is 35.2 Å². The van der Waals surface area contributed by atoms with Gasteiger partial charge in [-0.2, -0.15) is 9.97 Å². The van der Waals surface area contributed by atoms with Crippen molar-refractivity contribution in [1.29, 1.82) is 0 Å². The number of aromatic nitrogens is 3. The Morgan fingerprint density at radius 1 is 1.16 bits per heavy atom. The van der Waals surface area contributed by atoms with E-state index in [0.29, 0.717) is 66.9 Å². The molecule has 2 atom stereocenters. The fraction of sp³-hybridized carbons (Fsp3) is 0.400. The number of ether oxygens (including phenoxy) is 2. The van der Waals surface area contributed by atoms with E-state index < -0.39 is 11.6 Å². The van der Waals surface area contributed by atoms with Crippen LogP contribution in [0.4, 0.5) is 14.6 Å². The number of aryl methyl sites for hydroxylation is 1. The maximum Gasteiger partial charge on any atom is 0.319 e. The number of hydrogen-bond donors (Lipinski definition) is 1. The molecule has 0 saturated carbocycles. The van der Waals surface area contributed by atoms with Crippen LogP contribution in [-0.4, -0.2) is 76.0 Å². The normalized spacial score (nSPS) is 23.1. The molecule has 4 aliphatic heterocycles. The number of pyridine rings is 1. The molecule has 6 heterocycles. The topological polar surface area (TPSA) is 83.8 Å². The Kier molecular flexibility index (Phi) is 6.66. The minimum absolute atomic E-state index is 0.0185. The molecule has 2 aromatic carbocycles. The molecular formula is C35H33F2N5O3. The largest absolute Gasteiger partial charge is 0.508 e. The summed E-state index contributed by atoms with van der Waals surface area (Å²) in [5.74, 6) is 1.57. The first-order valence-electron chi connectivity index (χ1n) is 15.6. The number of hydrogen-bond acceptors (Lipinski definition) is 8. The van der Waals surface area contributed by atoms with Crippen molar-refractivity contribution in [2.24, 2.45) is 0 Å². The van der Waals surface area contributed by atoms with Crippen LogP contribution in [0.15, 0.2) is 36.4 Å². The monoisotopic (exact) mass is 609 g/mol. The van der Waals surface area contributed by atoms with Gasteiger partial charge in [0.2, 0.25) is 0 Å². The molecule has 0 amide bonds. The second-order valence-electron chi connectivity index (χ2n) is 12.7. The third-order valence-corrected chi connectivity index (χ3v) is 9.90. The number of terminal acetylenes is 1. The smallest absolute Gasteiger partial charge is 0.319 e. The van der Waals surface area contributed by atoms with Crippen LogP contribution in [0.25, 0.3) is 32.9 Å². The number of phenolic OH excluding ortho intramolecular Hbond substituents is 1. The van der Waals surface area contributed by atoms with Gasteiger partial charge in [0, 0.05) is 30.6 Å². The fourth-order valence-corrected chi connectivity index (χ4v) is 7.89. The summed E-state index contributed by atoms with van der Waals surface area (Å²) >= 11 is 0. The van der Waals surface area contributed by atoms with E-state index in [9.17, 15) is 9.50 Å². The molecule has 0 aliphatic carbocycles. The highest BCUT2D eigenvalue weighted by atomic mass is 19.1. The zero-order chi connectivity index (χ0) is 30.9. The molecule has 230 valence electrons. The molecule has 10 heteroatoms. The van der Waals surface area contributed by atoms with E-state index in [4.69, 9.17) is 30.8 Å². The molecule has 45 heavy (non-hydrogen) atoms. The van der Waals surface area contributed by atoms with E-state index in [1.165, 1.54) is 29.8 Å². The molecule has 1 unspecified atom stereocenters. The Balaban J connectivity index is 1.34. The quantitative estimate of drug-likeness (QED) is 0.239. The summed E-state index contributed by atoms with van der Waals surface area (Å²) in [6, 6.07) is 5.73. The van der Waals surface area contributed by atoms with Gasteiger partial charge in [-0.3, -0.25) is 4.90 Å². The molecule has 0 spiro atoms. The number of fused-ring (bicyclic) bond motifs is 4. The van der Waals surface area contributed by atoms with Crippen LogP contribution < -0.4 is 9.64 Å². The molecular weight excluding hydrogens is 576 g/mol. The van der Waals surface area contributed by atoms with Crippen LogP contribution in [0.5, 0.6) is 11.8 Å². The summed E-state index contributed by atoms with van der Waals surface area (Å²) in [6.45, 7) is 8.30. The molecule has 3 fully saturated rings. The number of phenols is 1. The van der Waals surface area contributed by atoms with Crippen molar-refractivity contribution in [3.8, 4) is 35.4 Å². The lowest BCUT2D eigenvalue weighted by Gasteiger charge is -2.31. The third kappa shape index (κ3) is 4.51. The fourth-order valence-electron chi connectivity index (χ4n) is 7.89. The van der Waals surface area contributed by atoms with Gasteiger partial charge in [-0.25, -0.2) is 13.8 Å². The molecule has 4 aromatic rings. The predicted molar refractivity (Wildman–Crippen MR) is 167 cm³/mol. The van der Waals surface area contributed by atoms with Crippen LogP contribution >= 0.6 is 0 Å². The lowest BCUT2D eigenvalue weighted by atomic mass is 9.94. The molecule has 0 bridgehead atoms. The SMILES string of the molecule is C#Cc1c(F)ccc2cc(O)cc(-c3nc4c5c(nc(OC[C@@]67CCCN6CC(=C)C7)nc5c3F)N3CCCOCC3CC4)c12. The predicted octanol–water partition coefficient (Wildman–Crippen LogP) is 5.52. The summed E-state index contributed by atoms with van der Waals surface area (Å²) < 4.78 is 44.2. The third-order valence-electron chi connectivity index (χ3n) is 9.90. The van der Waals surface area contributed by atoms with E-state index >= 15 is 4.39 Å². The lowest BCUT2D eigenvalue weighted by molar-refractivity contribution is 0.108. The lowest BCUT2D eigenvalue weighted by Crippen LogP contribution is -2.43. The average molecular weight is 610 g/mol. The van der Waals surface area contributed by atoms with Crippen molar-refractivity contribution in [2.45, 2.75) is 50.1 Å². The Labute approximate surface area is 259 Å². The molecule has 4 aliphatic rings. The highest BCUT2D eigenvalue weighted by Gasteiger charge is 2.46. The highest BCUT2D eigenvalue weighted by Crippen LogP contribution is 2.43. The molecule has 8 rings (SSSR count). The first-order chi connectivity index (χ1) is 21.8. The summed E-state index contributed by atoms with van der Waals surface area (Å²) in [5, 5.41) is 12.0. The Hall–Kier alpha value is -4.33. The molecule has 0 radical (unpaired) electrons. The number of anilines is 1. The maximum absolute atomic E-state index is 17.0. The van der Waals surface area contributed by atoms with E-state index in [0.717, 1.165) is 38.8 Å². The Bertz CT molecular complexity index is 1940. The van der Waals surface area contributed by atoms with Crippen molar-refractivity contribution in [1.82, 2.24) is 19.9 Å². The van der Waals surface area contributed by atoms with Crippen molar-refractivity contribution in [2.75, 3.05) is 44.4 Å². The van der Waals surface area contributed by atoms with Crippen LogP contribution in [-0.2, 0) is 11.2 Å².